The lowest BCUT2D eigenvalue weighted by Crippen LogP contribution is -2.25. The second-order valence-corrected chi connectivity index (χ2v) is 8.78. The van der Waals surface area contributed by atoms with E-state index in [9.17, 15) is 9.59 Å². The number of ether oxygens (including phenoxy) is 4. The summed E-state index contributed by atoms with van der Waals surface area (Å²) in [5.74, 6) is 2.50. The number of amides is 2. The van der Waals surface area contributed by atoms with Gasteiger partial charge in [0.25, 0.3) is 0 Å². The third kappa shape index (κ3) is 11.0. The van der Waals surface area contributed by atoms with Gasteiger partial charge in [-0.15, -0.1) is 0 Å². The average molecular weight is 515 g/mol. The molecule has 204 valence electrons. The topological polar surface area (TPSA) is 95.1 Å². The molecule has 2 N–H and O–H groups in total. The number of carbonyl (C=O) groups is 2. The molecular formula is C29H42N2O6. The van der Waals surface area contributed by atoms with E-state index in [0.717, 1.165) is 36.8 Å². The van der Waals surface area contributed by atoms with Crippen LogP contribution in [0.5, 0.6) is 23.0 Å². The molecule has 0 spiro atoms. The van der Waals surface area contributed by atoms with Crippen molar-refractivity contribution >= 4 is 11.8 Å². The SMILES string of the molecule is CCCCOc1ccc(CNC(=O)CCCC(=O)NCc2ccc(OCCCC)c(OC)c2)cc1OC. The molecular weight excluding hydrogens is 472 g/mol. The summed E-state index contributed by atoms with van der Waals surface area (Å²) in [4.78, 5) is 24.5. The third-order valence-electron chi connectivity index (χ3n) is 5.75. The molecule has 8 heteroatoms. The molecule has 0 unspecified atom stereocenters. The Hall–Kier alpha value is -3.42. The second-order valence-electron chi connectivity index (χ2n) is 8.78. The minimum absolute atomic E-state index is 0.0987. The smallest absolute Gasteiger partial charge is 0.220 e. The van der Waals surface area contributed by atoms with Crippen molar-refractivity contribution in [2.45, 2.75) is 71.9 Å². The van der Waals surface area contributed by atoms with E-state index in [0.29, 0.717) is 55.7 Å². The number of hydrogen-bond donors (Lipinski definition) is 2. The van der Waals surface area contributed by atoms with Crippen LogP contribution in [0.25, 0.3) is 0 Å². The van der Waals surface area contributed by atoms with E-state index in [1.807, 2.05) is 36.4 Å². The molecule has 37 heavy (non-hydrogen) atoms. The summed E-state index contributed by atoms with van der Waals surface area (Å²) in [6, 6.07) is 11.3. The first kappa shape index (κ1) is 29.8. The van der Waals surface area contributed by atoms with E-state index >= 15 is 0 Å². The van der Waals surface area contributed by atoms with Crippen LogP contribution in [0.3, 0.4) is 0 Å². The summed E-state index contributed by atoms with van der Waals surface area (Å²) in [5, 5.41) is 5.79. The summed E-state index contributed by atoms with van der Waals surface area (Å²) in [6.45, 7) is 6.28. The first-order chi connectivity index (χ1) is 18.0. The highest BCUT2D eigenvalue weighted by atomic mass is 16.5. The van der Waals surface area contributed by atoms with Crippen LogP contribution in [0.4, 0.5) is 0 Å². The van der Waals surface area contributed by atoms with Crippen molar-refractivity contribution in [1.82, 2.24) is 10.6 Å². The molecule has 0 atom stereocenters. The monoisotopic (exact) mass is 514 g/mol. The zero-order chi connectivity index (χ0) is 26.9. The van der Waals surface area contributed by atoms with Gasteiger partial charge < -0.3 is 29.6 Å². The maximum Gasteiger partial charge on any atom is 0.220 e. The fourth-order valence-electron chi connectivity index (χ4n) is 3.52. The van der Waals surface area contributed by atoms with Crippen molar-refractivity contribution in [2.75, 3.05) is 27.4 Å². The van der Waals surface area contributed by atoms with Crippen LogP contribution in [0, 0.1) is 0 Å². The van der Waals surface area contributed by atoms with Gasteiger partial charge >= 0.3 is 0 Å². The molecule has 0 aliphatic rings. The van der Waals surface area contributed by atoms with Crippen molar-refractivity contribution in [3.05, 3.63) is 47.5 Å². The van der Waals surface area contributed by atoms with Gasteiger partial charge in [-0.2, -0.15) is 0 Å². The Labute approximate surface area is 221 Å². The Bertz CT molecular complexity index is 901. The highest BCUT2D eigenvalue weighted by Gasteiger charge is 2.10. The van der Waals surface area contributed by atoms with E-state index in [2.05, 4.69) is 24.5 Å². The van der Waals surface area contributed by atoms with E-state index in [4.69, 9.17) is 18.9 Å². The molecule has 0 aromatic heterocycles. The van der Waals surface area contributed by atoms with Crippen LogP contribution in [0.2, 0.25) is 0 Å². The second kappa shape index (κ2) is 17.1. The summed E-state index contributed by atoms with van der Waals surface area (Å²) < 4.78 is 22.3. The van der Waals surface area contributed by atoms with Gasteiger partial charge in [0.1, 0.15) is 0 Å². The molecule has 2 amide bonds. The highest BCUT2D eigenvalue weighted by molar-refractivity contribution is 5.78. The predicted octanol–water partition coefficient (Wildman–Crippen LogP) is 5.16. The van der Waals surface area contributed by atoms with Crippen molar-refractivity contribution in [3.63, 3.8) is 0 Å². The fraction of sp³-hybridized carbons (Fsp3) is 0.517. The van der Waals surface area contributed by atoms with Gasteiger partial charge in [0.05, 0.1) is 27.4 Å². The zero-order valence-corrected chi connectivity index (χ0v) is 22.7. The van der Waals surface area contributed by atoms with E-state index < -0.39 is 0 Å². The van der Waals surface area contributed by atoms with Crippen LogP contribution in [-0.4, -0.2) is 39.2 Å². The summed E-state index contributed by atoms with van der Waals surface area (Å²) in [5.41, 5.74) is 1.84. The number of methoxy groups -OCH3 is 2. The molecule has 0 bridgehead atoms. The average Bonchev–Trinajstić information content (AvgIpc) is 2.91. The minimum Gasteiger partial charge on any atom is -0.493 e. The van der Waals surface area contributed by atoms with E-state index in [1.54, 1.807) is 14.2 Å². The molecule has 8 nitrogen and oxygen atoms in total. The lowest BCUT2D eigenvalue weighted by atomic mass is 10.1. The highest BCUT2D eigenvalue weighted by Crippen LogP contribution is 2.29. The fourth-order valence-corrected chi connectivity index (χ4v) is 3.52. The van der Waals surface area contributed by atoms with Crippen LogP contribution < -0.4 is 29.6 Å². The summed E-state index contributed by atoms with van der Waals surface area (Å²) in [6.07, 6.45) is 5.11. The van der Waals surface area contributed by atoms with Gasteiger partial charge in [-0.1, -0.05) is 38.8 Å². The number of rotatable bonds is 18. The van der Waals surface area contributed by atoms with Gasteiger partial charge in [-0.3, -0.25) is 9.59 Å². The Kier molecular flexibility index (Phi) is 13.8. The van der Waals surface area contributed by atoms with Gasteiger partial charge in [0.2, 0.25) is 11.8 Å². The van der Waals surface area contributed by atoms with Crippen molar-refractivity contribution < 1.29 is 28.5 Å². The first-order valence-corrected chi connectivity index (χ1v) is 13.1. The van der Waals surface area contributed by atoms with Gasteiger partial charge in [0, 0.05) is 25.9 Å². The number of hydrogen-bond acceptors (Lipinski definition) is 6. The van der Waals surface area contributed by atoms with Crippen molar-refractivity contribution in [3.8, 4) is 23.0 Å². The van der Waals surface area contributed by atoms with Gasteiger partial charge in [0.15, 0.2) is 23.0 Å². The number of nitrogens with one attached hydrogen (secondary N) is 2. The Balaban J connectivity index is 1.69. The molecule has 0 aliphatic carbocycles. The maximum atomic E-state index is 12.2. The molecule has 2 aromatic carbocycles. The van der Waals surface area contributed by atoms with E-state index in [1.165, 1.54) is 0 Å². The molecule has 0 saturated heterocycles. The molecule has 0 aliphatic heterocycles. The van der Waals surface area contributed by atoms with Crippen molar-refractivity contribution in [2.24, 2.45) is 0 Å². The summed E-state index contributed by atoms with van der Waals surface area (Å²) >= 11 is 0. The van der Waals surface area contributed by atoms with Crippen LogP contribution >= 0.6 is 0 Å². The van der Waals surface area contributed by atoms with Crippen LogP contribution in [0.15, 0.2) is 36.4 Å². The number of carbonyl (C=O) groups excluding carboxylic acids is 2. The molecule has 0 saturated carbocycles. The Morgan fingerprint density at radius 3 is 1.46 bits per heavy atom. The quantitative estimate of drug-likeness (QED) is 0.267. The molecule has 0 radical (unpaired) electrons. The maximum absolute atomic E-state index is 12.2. The van der Waals surface area contributed by atoms with Crippen LogP contribution in [-0.2, 0) is 22.7 Å². The first-order valence-electron chi connectivity index (χ1n) is 13.1. The number of benzene rings is 2. The standard InChI is InChI=1S/C29H42N2O6/c1-5-7-16-36-24-14-12-22(18-26(24)34-3)20-30-28(32)10-9-11-29(33)31-21-23-13-15-25(27(19-23)35-4)37-17-8-6-2/h12-15,18-19H,5-11,16-17,20-21H2,1-4H3,(H,30,32)(H,31,33). The molecule has 2 aromatic rings. The zero-order valence-electron chi connectivity index (χ0n) is 22.7. The van der Waals surface area contributed by atoms with Gasteiger partial charge in [-0.05, 0) is 54.7 Å². The minimum atomic E-state index is -0.0987. The predicted molar refractivity (Wildman–Crippen MR) is 144 cm³/mol. The molecule has 0 heterocycles. The Morgan fingerprint density at radius 1 is 0.649 bits per heavy atom. The lowest BCUT2D eigenvalue weighted by molar-refractivity contribution is -0.122. The normalized spacial score (nSPS) is 10.5. The Morgan fingerprint density at radius 2 is 1.08 bits per heavy atom. The van der Waals surface area contributed by atoms with Gasteiger partial charge in [-0.25, -0.2) is 0 Å². The van der Waals surface area contributed by atoms with Crippen LogP contribution in [0.1, 0.15) is 69.9 Å². The third-order valence-corrected chi connectivity index (χ3v) is 5.75. The molecule has 0 fully saturated rings. The summed E-state index contributed by atoms with van der Waals surface area (Å²) in [7, 11) is 3.20. The van der Waals surface area contributed by atoms with E-state index in [-0.39, 0.29) is 24.7 Å². The largest absolute Gasteiger partial charge is 0.493 e. The van der Waals surface area contributed by atoms with Crippen molar-refractivity contribution in [1.29, 1.82) is 0 Å². The lowest BCUT2D eigenvalue weighted by Gasteiger charge is -2.13. The molecule has 2 rings (SSSR count). The number of unbranched alkanes of at least 4 members (excludes halogenated alkanes) is 2.